The van der Waals surface area contributed by atoms with Crippen LogP contribution in [0.1, 0.15) is 194 Å². The van der Waals surface area contributed by atoms with Gasteiger partial charge in [-0.15, -0.1) is 0 Å². The van der Waals surface area contributed by atoms with E-state index in [0.29, 0.717) is 17.4 Å². The number of hydrogen-bond acceptors (Lipinski definition) is 8. The van der Waals surface area contributed by atoms with E-state index in [-0.39, 0.29) is 38.6 Å². The van der Waals surface area contributed by atoms with Crippen LogP contribution in [0.2, 0.25) is 0 Å². The van der Waals surface area contributed by atoms with E-state index in [0.717, 1.165) is 135 Å². The second-order valence-electron chi connectivity index (χ2n) is 19.1. The van der Waals surface area contributed by atoms with E-state index in [4.69, 9.17) is 18.9 Å². The minimum absolute atomic E-state index is 0.136. The van der Waals surface area contributed by atoms with Crippen molar-refractivity contribution in [1.29, 1.82) is 0 Å². The number of unbranched alkanes of at least 4 members (excludes halogenated alkanes) is 14. The number of ether oxygens (including phenoxy) is 4. The van der Waals surface area contributed by atoms with Crippen LogP contribution < -0.4 is 5.11 Å². The van der Waals surface area contributed by atoms with E-state index >= 15 is 0 Å². The molecule has 0 spiro atoms. The van der Waals surface area contributed by atoms with Crippen molar-refractivity contribution in [2.75, 3.05) is 47.5 Å². The highest BCUT2D eigenvalue weighted by molar-refractivity contribution is 5.70. The summed E-state index contributed by atoms with van der Waals surface area (Å²) in [6.45, 7) is 4.47. The summed E-state index contributed by atoms with van der Waals surface area (Å²) in [7, 11) is 5.90. The largest absolute Gasteiger partial charge is 0.545 e. The maximum Gasteiger partial charge on any atom is 0.306 e. The molecular weight excluding hydrogens is 887 g/mol. The first-order valence-corrected chi connectivity index (χ1v) is 27.7. The van der Waals surface area contributed by atoms with Gasteiger partial charge in [0.15, 0.2) is 12.4 Å². The molecule has 0 aliphatic rings. The molecule has 0 radical (unpaired) electrons. The summed E-state index contributed by atoms with van der Waals surface area (Å²) in [4.78, 5) is 37.3. The third kappa shape index (κ3) is 53.3. The van der Waals surface area contributed by atoms with Crippen molar-refractivity contribution < 1.29 is 42.9 Å². The fraction of sp³-hybridized carbons (Fsp3) is 0.629. The molecule has 0 aliphatic carbocycles. The Balaban J connectivity index is 4.37. The molecule has 0 saturated heterocycles. The summed E-state index contributed by atoms with van der Waals surface area (Å²) in [5, 5.41) is 11.8. The SMILES string of the molecule is CC/C=C\C/C=C\C/C=C\C/C=C\C/C=C\C/C=C\CCCCCCCCC(=O)OC(COC(=O)CCCCCCCCCC/C=C\C/C=C\C/C=C\C/C=C\CC)COC(OCC[N+](C)(C)C)C(=O)[O-]. The van der Waals surface area contributed by atoms with Crippen molar-refractivity contribution in [2.24, 2.45) is 0 Å². The molecule has 0 heterocycles. The number of carboxylic acid groups (broad SMARTS) is 1. The Bertz CT molecular complexity index is 1570. The van der Waals surface area contributed by atoms with Crippen molar-refractivity contribution in [3.8, 4) is 0 Å². The topological polar surface area (TPSA) is 111 Å². The highest BCUT2D eigenvalue weighted by Crippen LogP contribution is 2.14. The van der Waals surface area contributed by atoms with E-state index in [2.05, 4.69) is 135 Å². The molecule has 402 valence electrons. The van der Waals surface area contributed by atoms with Crippen LogP contribution in [0.15, 0.2) is 122 Å². The second-order valence-corrected chi connectivity index (χ2v) is 19.1. The monoisotopic (exact) mass is 988 g/mol. The van der Waals surface area contributed by atoms with Crippen LogP contribution in [0.5, 0.6) is 0 Å². The number of carboxylic acids is 1. The van der Waals surface area contributed by atoms with Crippen molar-refractivity contribution >= 4 is 17.9 Å². The molecule has 0 rings (SSSR count). The van der Waals surface area contributed by atoms with Crippen molar-refractivity contribution in [3.63, 3.8) is 0 Å². The Labute approximate surface area is 434 Å². The Morgan fingerprint density at radius 2 is 0.761 bits per heavy atom. The highest BCUT2D eigenvalue weighted by atomic mass is 16.7. The van der Waals surface area contributed by atoms with Crippen molar-refractivity contribution in [2.45, 2.75) is 206 Å². The van der Waals surface area contributed by atoms with Crippen molar-refractivity contribution in [1.82, 2.24) is 0 Å². The molecule has 0 aromatic heterocycles. The van der Waals surface area contributed by atoms with E-state index in [1.54, 1.807) is 0 Å². The third-order valence-electron chi connectivity index (χ3n) is 11.2. The van der Waals surface area contributed by atoms with E-state index in [1.807, 2.05) is 21.1 Å². The van der Waals surface area contributed by atoms with Crippen LogP contribution in [0.3, 0.4) is 0 Å². The maximum absolute atomic E-state index is 12.9. The van der Waals surface area contributed by atoms with Gasteiger partial charge in [-0.25, -0.2) is 0 Å². The standard InChI is InChI=1S/C62H101NO8/c1-6-8-10-12-14-16-18-20-22-24-26-28-29-30-31-33-35-37-39-41-43-45-47-49-51-53-60(65)71-58(57-70-62(61(66)67)68-55-54-63(3,4)5)56-69-59(64)52-50-48-46-44-42-40-38-36-34-32-27-25-23-21-19-17-15-13-11-9-7-2/h8-11,14-17,20-23,26-28,30-32,35,37,58,62H,6-7,12-13,18-19,24-25,29,33-34,36,38-57H2,1-5H3/b10-8-,11-9-,16-14-,17-15-,22-20-,23-21-,28-26-,31-30-,32-27-,37-35-. The van der Waals surface area contributed by atoms with Gasteiger partial charge in [-0.3, -0.25) is 9.59 Å². The van der Waals surface area contributed by atoms with Crippen LogP contribution in [0, 0.1) is 0 Å². The average Bonchev–Trinajstić information content (AvgIpc) is 3.34. The molecule has 0 N–H and O–H groups in total. The van der Waals surface area contributed by atoms with Crippen LogP contribution in [-0.4, -0.2) is 82.3 Å². The lowest BCUT2D eigenvalue weighted by Crippen LogP contribution is -2.44. The lowest BCUT2D eigenvalue weighted by Gasteiger charge is -2.26. The fourth-order valence-corrected chi connectivity index (χ4v) is 7.00. The zero-order valence-corrected chi connectivity index (χ0v) is 45.5. The maximum atomic E-state index is 12.9. The van der Waals surface area contributed by atoms with E-state index < -0.39 is 24.3 Å². The minimum atomic E-state index is -1.64. The van der Waals surface area contributed by atoms with Gasteiger partial charge in [0.25, 0.3) is 0 Å². The number of quaternary nitrogens is 1. The van der Waals surface area contributed by atoms with Crippen molar-refractivity contribution in [3.05, 3.63) is 122 Å². The number of hydrogen-bond donors (Lipinski definition) is 0. The molecule has 71 heavy (non-hydrogen) atoms. The normalized spacial score (nSPS) is 13.8. The summed E-state index contributed by atoms with van der Waals surface area (Å²) < 4.78 is 22.7. The molecule has 0 aromatic carbocycles. The Hall–Kier alpha value is -4.31. The Kier molecular flexibility index (Phi) is 48.9. The molecule has 9 heteroatoms. The molecule has 0 aromatic rings. The Morgan fingerprint density at radius 1 is 0.423 bits per heavy atom. The van der Waals surface area contributed by atoms with Crippen LogP contribution in [0.4, 0.5) is 0 Å². The molecular formula is C62H101NO8. The van der Waals surface area contributed by atoms with Gasteiger partial charge in [0.1, 0.15) is 13.2 Å². The Morgan fingerprint density at radius 3 is 1.13 bits per heavy atom. The predicted molar refractivity (Wildman–Crippen MR) is 296 cm³/mol. The number of nitrogens with zero attached hydrogens (tertiary/aromatic N) is 1. The minimum Gasteiger partial charge on any atom is -0.545 e. The average molecular weight is 988 g/mol. The van der Waals surface area contributed by atoms with Crippen LogP contribution in [0.25, 0.3) is 0 Å². The number of aliphatic carboxylic acids is 1. The first-order chi connectivity index (χ1) is 34.6. The molecule has 0 saturated carbocycles. The lowest BCUT2D eigenvalue weighted by atomic mass is 10.1. The number of rotatable bonds is 49. The first kappa shape index (κ1) is 66.7. The third-order valence-corrected chi connectivity index (χ3v) is 11.2. The first-order valence-electron chi connectivity index (χ1n) is 27.7. The molecule has 0 bridgehead atoms. The van der Waals surface area contributed by atoms with Crippen LogP contribution >= 0.6 is 0 Å². The molecule has 9 nitrogen and oxygen atoms in total. The zero-order valence-electron chi connectivity index (χ0n) is 45.5. The van der Waals surface area contributed by atoms with E-state index in [9.17, 15) is 19.5 Å². The quantitative estimate of drug-likeness (QED) is 0.0195. The molecule has 2 atom stereocenters. The molecule has 0 fully saturated rings. The van der Waals surface area contributed by atoms with E-state index in [1.165, 1.54) is 25.7 Å². The molecule has 0 amide bonds. The van der Waals surface area contributed by atoms with Gasteiger partial charge in [0.05, 0.1) is 40.3 Å². The van der Waals surface area contributed by atoms with Gasteiger partial charge in [-0.1, -0.05) is 200 Å². The summed E-state index contributed by atoms with van der Waals surface area (Å²) in [5.74, 6) is -2.33. The van der Waals surface area contributed by atoms with Gasteiger partial charge in [-0.2, -0.15) is 0 Å². The summed E-state index contributed by atoms with van der Waals surface area (Å²) in [5.41, 5.74) is 0. The fourth-order valence-electron chi connectivity index (χ4n) is 7.00. The van der Waals surface area contributed by atoms with Gasteiger partial charge in [-0.05, 0) is 103 Å². The summed E-state index contributed by atoms with van der Waals surface area (Å²) >= 11 is 0. The number of esters is 2. The molecule has 0 aliphatic heterocycles. The zero-order chi connectivity index (χ0) is 52.0. The van der Waals surface area contributed by atoms with Gasteiger partial charge >= 0.3 is 11.9 Å². The number of allylic oxidation sites excluding steroid dienone is 20. The lowest BCUT2D eigenvalue weighted by molar-refractivity contribution is -0.870. The number of likely N-dealkylation sites (N-methyl/N-ethyl adjacent to an activating group) is 1. The smallest absolute Gasteiger partial charge is 0.306 e. The second kappa shape index (κ2) is 52.0. The van der Waals surface area contributed by atoms with Gasteiger partial charge in [0, 0.05) is 12.8 Å². The highest BCUT2D eigenvalue weighted by Gasteiger charge is 2.22. The number of carbonyl (C=O) groups is 3. The predicted octanol–water partition coefficient (Wildman–Crippen LogP) is 14.8. The summed E-state index contributed by atoms with van der Waals surface area (Å²) in [6, 6.07) is 0. The number of carbonyl (C=O) groups excluding carboxylic acids is 3. The summed E-state index contributed by atoms with van der Waals surface area (Å²) in [6.07, 6.45) is 69.4. The van der Waals surface area contributed by atoms with Gasteiger partial charge < -0.3 is 33.3 Å². The van der Waals surface area contributed by atoms with Gasteiger partial charge in [0.2, 0.25) is 0 Å². The molecule has 2 unspecified atom stereocenters. The van der Waals surface area contributed by atoms with Crippen LogP contribution in [-0.2, 0) is 33.3 Å².